The molecule has 0 amide bonds. The number of ether oxygens (including phenoxy) is 1. The zero-order valence-electron chi connectivity index (χ0n) is 11.0. The Balaban J connectivity index is 2.36. The van der Waals surface area contributed by atoms with Crippen LogP contribution in [0.2, 0.25) is 0 Å². The molecule has 1 unspecified atom stereocenters. The number of rotatable bonds is 6. The maximum Gasteiger partial charge on any atom is 0.0827 e. The highest BCUT2D eigenvalue weighted by atomic mass is 35.5. The summed E-state index contributed by atoms with van der Waals surface area (Å²) in [6.07, 6.45) is 0.233. The highest BCUT2D eigenvalue weighted by molar-refractivity contribution is 6.22. The molecule has 1 heterocycles. The summed E-state index contributed by atoms with van der Waals surface area (Å²) in [5, 5.41) is 3.41. The first-order valence-electron chi connectivity index (χ1n) is 6.23. The molecule has 1 aliphatic heterocycles. The van der Waals surface area contributed by atoms with E-state index in [1.807, 2.05) is 6.92 Å². The van der Waals surface area contributed by atoms with Gasteiger partial charge in [0, 0.05) is 43.0 Å². The lowest BCUT2D eigenvalue weighted by Crippen LogP contribution is -2.54. The highest BCUT2D eigenvalue weighted by Crippen LogP contribution is 2.12. The smallest absolute Gasteiger partial charge is 0.0827 e. The zero-order valence-corrected chi connectivity index (χ0v) is 12.5. The Kier molecular flexibility index (Phi) is 6.52. The van der Waals surface area contributed by atoms with Gasteiger partial charge in [0.25, 0.3) is 0 Å². The summed E-state index contributed by atoms with van der Waals surface area (Å²) in [5.74, 6) is 1.02. The molecule has 102 valence electrons. The average Bonchev–Trinajstić information content (AvgIpc) is 2.36. The lowest BCUT2D eigenvalue weighted by atomic mass is 10.1. The van der Waals surface area contributed by atoms with E-state index in [0.29, 0.717) is 17.8 Å². The fourth-order valence-corrected chi connectivity index (χ4v) is 2.30. The second-order valence-corrected chi connectivity index (χ2v) is 5.82. The molecule has 1 rings (SSSR count). The van der Waals surface area contributed by atoms with Crippen LogP contribution in [0.5, 0.6) is 0 Å². The van der Waals surface area contributed by atoms with Crippen molar-refractivity contribution in [2.24, 2.45) is 0 Å². The van der Waals surface area contributed by atoms with Crippen molar-refractivity contribution >= 4 is 23.2 Å². The molecule has 0 saturated carbocycles. The third-order valence-corrected chi connectivity index (χ3v) is 4.43. The molecular weight excluding hydrogens is 259 g/mol. The molecule has 1 atom stereocenters. The fourth-order valence-electron chi connectivity index (χ4n) is 1.83. The van der Waals surface area contributed by atoms with Crippen LogP contribution in [-0.4, -0.2) is 60.6 Å². The van der Waals surface area contributed by atoms with Crippen LogP contribution in [0.4, 0.5) is 0 Å². The van der Waals surface area contributed by atoms with Gasteiger partial charge in [0.05, 0.1) is 12.7 Å². The first-order chi connectivity index (χ1) is 8.00. The van der Waals surface area contributed by atoms with E-state index in [1.165, 1.54) is 0 Å². The summed E-state index contributed by atoms with van der Waals surface area (Å²) in [6.45, 7) is 10.1. The van der Waals surface area contributed by atoms with Gasteiger partial charge in [-0.1, -0.05) is 0 Å². The van der Waals surface area contributed by atoms with E-state index < -0.39 is 0 Å². The first kappa shape index (κ1) is 15.5. The lowest BCUT2D eigenvalue weighted by Gasteiger charge is -2.37. The molecule has 0 aliphatic carbocycles. The molecule has 1 aliphatic rings. The van der Waals surface area contributed by atoms with E-state index in [0.717, 1.165) is 26.2 Å². The molecule has 1 fully saturated rings. The third kappa shape index (κ3) is 4.92. The van der Waals surface area contributed by atoms with Crippen molar-refractivity contribution in [3.63, 3.8) is 0 Å². The minimum atomic E-state index is -0.202. The summed E-state index contributed by atoms with van der Waals surface area (Å²) in [7, 11) is 0. The zero-order chi connectivity index (χ0) is 12.9. The predicted molar refractivity (Wildman–Crippen MR) is 74.3 cm³/mol. The van der Waals surface area contributed by atoms with Crippen molar-refractivity contribution in [1.82, 2.24) is 10.2 Å². The van der Waals surface area contributed by atoms with Gasteiger partial charge in [-0.3, -0.25) is 4.90 Å². The van der Waals surface area contributed by atoms with E-state index >= 15 is 0 Å². The van der Waals surface area contributed by atoms with Crippen molar-refractivity contribution in [3.8, 4) is 0 Å². The minimum Gasteiger partial charge on any atom is -0.374 e. The van der Waals surface area contributed by atoms with E-state index in [4.69, 9.17) is 27.9 Å². The second-order valence-electron chi connectivity index (χ2n) is 5.29. The third-order valence-electron chi connectivity index (χ3n) is 3.25. The Hall–Kier alpha value is 0.460. The quantitative estimate of drug-likeness (QED) is 0.754. The van der Waals surface area contributed by atoms with Crippen LogP contribution in [0.15, 0.2) is 0 Å². The van der Waals surface area contributed by atoms with Gasteiger partial charge in [-0.15, -0.1) is 23.2 Å². The molecule has 0 aromatic carbocycles. The highest BCUT2D eigenvalue weighted by Gasteiger charge is 2.26. The maximum absolute atomic E-state index is 5.91. The number of alkyl halides is 2. The van der Waals surface area contributed by atoms with Crippen LogP contribution in [-0.2, 0) is 4.74 Å². The van der Waals surface area contributed by atoms with Crippen LogP contribution >= 0.6 is 23.2 Å². The normalized spacial score (nSPS) is 23.3. The van der Waals surface area contributed by atoms with E-state index in [-0.39, 0.29) is 11.6 Å². The van der Waals surface area contributed by atoms with Crippen LogP contribution < -0.4 is 5.32 Å². The van der Waals surface area contributed by atoms with Crippen molar-refractivity contribution in [2.45, 2.75) is 38.5 Å². The number of nitrogens with zero attached hydrogens (tertiary/aromatic N) is 1. The Morgan fingerprint density at radius 2 is 2.06 bits per heavy atom. The van der Waals surface area contributed by atoms with Crippen LogP contribution in [0.3, 0.4) is 0 Å². The van der Waals surface area contributed by atoms with E-state index in [2.05, 4.69) is 24.1 Å². The number of halogens is 2. The molecule has 3 nitrogen and oxygen atoms in total. The largest absolute Gasteiger partial charge is 0.374 e. The Morgan fingerprint density at radius 1 is 1.41 bits per heavy atom. The first-order valence-corrected chi connectivity index (χ1v) is 7.30. The molecule has 17 heavy (non-hydrogen) atoms. The number of nitrogens with one attached hydrogen (secondary N) is 1. The Morgan fingerprint density at radius 3 is 2.59 bits per heavy atom. The molecule has 0 spiro atoms. The molecular formula is C12H24Cl2N2O. The van der Waals surface area contributed by atoms with E-state index in [9.17, 15) is 0 Å². The molecule has 0 radical (unpaired) electrons. The standard InChI is InChI=1S/C12H24Cl2N2O/c1-10(2)16-4-5-17-11(7-16)6-15-12(3,8-13)9-14/h10-11,15H,4-9H2,1-3H3. The molecule has 1 saturated heterocycles. The Labute approximate surface area is 115 Å². The van der Waals surface area contributed by atoms with Crippen molar-refractivity contribution < 1.29 is 4.74 Å². The van der Waals surface area contributed by atoms with E-state index in [1.54, 1.807) is 0 Å². The van der Waals surface area contributed by atoms with Gasteiger partial charge in [0.2, 0.25) is 0 Å². The van der Waals surface area contributed by atoms with Crippen molar-refractivity contribution in [1.29, 1.82) is 0 Å². The average molecular weight is 283 g/mol. The molecule has 0 bridgehead atoms. The number of hydrogen-bond acceptors (Lipinski definition) is 3. The number of hydrogen-bond donors (Lipinski definition) is 1. The van der Waals surface area contributed by atoms with Gasteiger partial charge in [0.15, 0.2) is 0 Å². The van der Waals surface area contributed by atoms with Crippen LogP contribution in [0.25, 0.3) is 0 Å². The minimum absolute atomic E-state index is 0.202. The maximum atomic E-state index is 5.91. The molecule has 0 aromatic rings. The summed E-state index contributed by atoms with van der Waals surface area (Å²) in [5.41, 5.74) is -0.202. The van der Waals surface area contributed by atoms with Crippen LogP contribution in [0, 0.1) is 0 Å². The molecule has 1 N–H and O–H groups in total. The molecule has 0 aromatic heterocycles. The fraction of sp³-hybridized carbons (Fsp3) is 1.00. The van der Waals surface area contributed by atoms with Crippen LogP contribution in [0.1, 0.15) is 20.8 Å². The monoisotopic (exact) mass is 282 g/mol. The Bertz CT molecular complexity index is 223. The molecule has 5 heteroatoms. The predicted octanol–water partition coefficient (Wildman–Crippen LogP) is 1.92. The summed E-state index contributed by atoms with van der Waals surface area (Å²) in [4.78, 5) is 2.44. The van der Waals surface area contributed by atoms with Gasteiger partial charge in [-0.2, -0.15) is 0 Å². The van der Waals surface area contributed by atoms with Crippen molar-refractivity contribution in [3.05, 3.63) is 0 Å². The van der Waals surface area contributed by atoms with Gasteiger partial charge < -0.3 is 10.1 Å². The van der Waals surface area contributed by atoms with Gasteiger partial charge in [-0.25, -0.2) is 0 Å². The lowest BCUT2D eigenvalue weighted by molar-refractivity contribution is -0.0391. The van der Waals surface area contributed by atoms with Gasteiger partial charge in [0.1, 0.15) is 0 Å². The van der Waals surface area contributed by atoms with Gasteiger partial charge in [-0.05, 0) is 20.8 Å². The summed E-state index contributed by atoms with van der Waals surface area (Å²) >= 11 is 11.8. The summed E-state index contributed by atoms with van der Waals surface area (Å²) < 4.78 is 5.75. The second kappa shape index (κ2) is 7.15. The summed E-state index contributed by atoms with van der Waals surface area (Å²) in [6, 6.07) is 0.578. The van der Waals surface area contributed by atoms with Crippen molar-refractivity contribution in [2.75, 3.05) is 38.0 Å². The van der Waals surface area contributed by atoms with Gasteiger partial charge >= 0.3 is 0 Å². The number of morpholine rings is 1. The SMILES string of the molecule is CC(C)N1CCOC(CNC(C)(CCl)CCl)C1. The topological polar surface area (TPSA) is 24.5 Å².